The van der Waals surface area contributed by atoms with Gasteiger partial charge in [-0.2, -0.15) is 0 Å². The van der Waals surface area contributed by atoms with E-state index in [1.54, 1.807) is 0 Å². The van der Waals surface area contributed by atoms with Gasteiger partial charge in [-0.15, -0.1) is 0 Å². The SMILES string of the molecule is C=CC=C1COCCC1=CCC. The molecule has 0 atom stereocenters. The molecular weight excluding hydrogens is 148 g/mol. The summed E-state index contributed by atoms with van der Waals surface area (Å²) < 4.78 is 5.35. The van der Waals surface area contributed by atoms with Crippen LogP contribution in [-0.2, 0) is 4.74 Å². The van der Waals surface area contributed by atoms with Crippen LogP contribution in [-0.4, -0.2) is 13.2 Å². The molecular formula is C11H16O. The summed E-state index contributed by atoms with van der Waals surface area (Å²) in [6, 6.07) is 0. The Labute approximate surface area is 74.4 Å². The number of allylic oxidation sites excluding steroid dienone is 3. The molecule has 0 aromatic rings. The van der Waals surface area contributed by atoms with Crippen LogP contribution in [0, 0.1) is 0 Å². The van der Waals surface area contributed by atoms with Crippen LogP contribution in [0.15, 0.2) is 36.0 Å². The Morgan fingerprint density at radius 2 is 2.33 bits per heavy atom. The molecule has 1 nitrogen and oxygen atoms in total. The maximum Gasteiger partial charge on any atom is 0.0719 e. The fraction of sp³-hybridized carbons (Fsp3) is 0.455. The zero-order chi connectivity index (χ0) is 8.81. The standard InChI is InChI=1S/C11H16O/c1-3-5-10-7-8-12-9-11(10)6-4-2/h4-6H,2-3,7-9H2,1H3. The van der Waals surface area contributed by atoms with Crippen molar-refractivity contribution in [1.82, 2.24) is 0 Å². The van der Waals surface area contributed by atoms with Crippen LogP contribution < -0.4 is 0 Å². The highest BCUT2D eigenvalue weighted by Crippen LogP contribution is 2.20. The van der Waals surface area contributed by atoms with E-state index in [9.17, 15) is 0 Å². The van der Waals surface area contributed by atoms with Crippen LogP contribution in [0.5, 0.6) is 0 Å². The molecule has 12 heavy (non-hydrogen) atoms. The Kier molecular flexibility index (Phi) is 3.81. The lowest BCUT2D eigenvalue weighted by Gasteiger charge is -2.18. The van der Waals surface area contributed by atoms with Crippen LogP contribution in [0.4, 0.5) is 0 Å². The van der Waals surface area contributed by atoms with Crippen molar-refractivity contribution >= 4 is 0 Å². The lowest BCUT2D eigenvalue weighted by atomic mass is 10.0. The number of ether oxygens (including phenoxy) is 1. The second-order valence-corrected chi connectivity index (χ2v) is 2.87. The van der Waals surface area contributed by atoms with Crippen molar-refractivity contribution in [3.05, 3.63) is 36.0 Å². The third-order valence-electron chi connectivity index (χ3n) is 1.96. The largest absolute Gasteiger partial charge is 0.376 e. The molecule has 1 aliphatic heterocycles. The molecule has 0 aromatic heterocycles. The predicted molar refractivity (Wildman–Crippen MR) is 52.1 cm³/mol. The topological polar surface area (TPSA) is 9.23 Å². The van der Waals surface area contributed by atoms with Crippen molar-refractivity contribution in [3.8, 4) is 0 Å². The molecule has 1 heterocycles. The van der Waals surface area contributed by atoms with E-state index in [1.165, 1.54) is 11.1 Å². The molecule has 1 heteroatoms. The van der Waals surface area contributed by atoms with Gasteiger partial charge in [0.15, 0.2) is 0 Å². The molecule has 1 saturated heterocycles. The van der Waals surface area contributed by atoms with Gasteiger partial charge >= 0.3 is 0 Å². The van der Waals surface area contributed by atoms with Gasteiger partial charge in [-0.05, 0) is 24.0 Å². The average Bonchev–Trinajstić information content (AvgIpc) is 2.09. The summed E-state index contributed by atoms with van der Waals surface area (Å²) in [6.45, 7) is 7.46. The Bertz CT molecular complexity index is 211. The number of rotatable bonds is 2. The van der Waals surface area contributed by atoms with Gasteiger partial charge in [-0.25, -0.2) is 0 Å². The molecule has 1 aliphatic rings. The normalized spacial score (nSPS) is 24.8. The summed E-state index contributed by atoms with van der Waals surface area (Å²) in [7, 11) is 0. The van der Waals surface area contributed by atoms with Crippen molar-refractivity contribution in [3.63, 3.8) is 0 Å². The number of hydrogen-bond donors (Lipinski definition) is 0. The Hall–Kier alpha value is -0.820. The zero-order valence-corrected chi connectivity index (χ0v) is 7.68. The van der Waals surface area contributed by atoms with E-state index in [2.05, 4.69) is 19.6 Å². The van der Waals surface area contributed by atoms with Crippen LogP contribution in [0.2, 0.25) is 0 Å². The molecule has 66 valence electrons. The lowest BCUT2D eigenvalue weighted by molar-refractivity contribution is 0.146. The van der Waals surface area contributed by atoms with Gasteiger partial charge in [0.1, 0.15) is 0 Å². The first-order valence-electron chi connectivity index (χ1n) is 4.47. The van der Waals surface area contributed by atoms with Gasteiger partial charge in [0.05, 0.1) is 13.2 Å². The van der Waals surface area contributed by atoms with E-state index in [-0.39, 0.29) is 0 Å². The van der Waals surface area contributed by atoms with Crippen LogP contribution >= 0.6 is 0 Å². The van der Waals surface area contributed by atoms with E-state index in [4.69, 9.17) is 4.74 Å². The van der Waals surface area contributed by atoms with Crippen molar-refractivity contribution in [2.45, 2.75) is 19.8 Å². The Balaban J connectivity index is 2.73. The molecule has 0 aromatic carbocycles. The summed E-state index contributed by atoms with van der Waals surface area (Å²) in [5, 5.41) is 0. The fourth-order valence-electron chi connectivity index (χ4n) is 1.39. The fourth-order valence-corrected chi connectivity index (χ4v) is 1.39. The summed E-state index contributed by atoms with van der Waals surface area (Å²) in [5.41, 5.74) is 2.72. The van der Waals surface area contributed by atoms with Crippen molar-refractivity contribution in [2.75, 3.05) is 13.2 Å². The molecule has 0 spiro atoms. The van der Waals surface area contributed by atoms with Gasteiger partial charge in [0.25, 0.3) is 0 Å². The highest BCUT2D eigenvalue weighted by Gasteiger charge is 2.09. The maximum absolute atomic E-state index is 5.35. The molecule has 0 radical (unpaired) electrons. The van der Waals surface area contributed by atoms with Gasteiger partial charge < -0.3 is 4.74 Å². The summed E-state index contributed by atoms with van der Waals surface area (Å²) in [5.74, 6) is 0. The first-order valence-corrected chi connectivity index (χ1v) is 4.47. The minimum atomic E-state index is 0.748. The van der Waals surface area contributed by atoms with E-state index in [0.717, 1.165) is 26.1 Å². The molecule has 0 amide bonds. The third kappa shape index (κ3) is 2.35. The zero-order valence-electron chi connectivity index (χ0n) is 7.68. The minimum absolute atomic E-state index is 0.748. The van der Waals surface area contributed by atoms with Crippen molar-refractivity contribution in [2.24, 2.45) is 0 Å². The minimum Gasteiger partial charge on any atom is -0.376 e. The third-order valence-corrected chi connectivity index (χ3v) is 1.96. The van der Waals surface area contributed by atoms with Gasteiger partial charge in [0, 0.05) is 0 Å². The summed E-state index contributed by atoms with van der Waals surface area (Å²) in [6.07, 6.45) is 8.29. The predicted octanol–water partition coefficient (Wildman–Crippen LogP) is 2.86. The highest BCUT2D eigenvalue weighted by atomic mass is 16.5. The van der Waals surface area contributed by atoms with Gasteiger partial charge in [0.2, 0.25) is 0 Å². The van der Waals surface area contributed by atoms with E-state index < -0.39 is 0 Å². The number of hydrogen-bond acceptors (Lipinski definition) is 1. The Morgan fingerprint density at radius 3 is 3.00 bits per heavy atom. The van der Waals surface area contributed by atoms with Gasteiger partial charge in [-0.1, -0.05) is 31.7 Å². The average molecular weight is 164 g/mol. The quantitative estimate of drug-likeness (QED) is 0.609. The van der Waals surface area contributed by atoms with Crippen LogP contribution in [0.1, 0.15) is 19.8 Å². The molecule has 0 bridgehead atoms. The first kappa shape index (κ1) is 9.27. The molecule has 0 unspecified atom stereocenters. The molecule has 0 aliphatic carbocycles. The van der Waals surface area contributed by atoms with E-state index >= 15 is 0 Å². The molecule has 1 fully saturated rings. The molecule has 0 N–H and O–H groups in total. The van der Waals surface area contributed by atoms with Crippen molar-refractivity contribution < 1.29 is 4.74 Å². The lowest BCUT2D eigenvalue weighted by Crippen LogP contribution is -2.10. The van der Waals surface area contributed by atoms with E-state index in [1.807, 2.05) is 12.2 Å². The van der Waals surface area contributed by atoms with E-state index in [0.29, 0.717) is 0 Å². The van der Waals surface area contributed by atoms with Crippen molar-refractivity contribution in [1.29, 1.82) is 0 Å². The highest BCUT2D eigenvalue weighted by molar-refractivity contribution is 5.35. The monoisotopic (exact) mass is 164 g/mol. The van der Waals surface area contributed by atoms with Crippen LogP contribution in [0.3, 0.4) is 0 Å². The Morgan fingerprint density at radius 1 is 1.50 bits per heavy atom. The second kappa shape index (κ2) is 4.94. The second-order valence-electron chi connectivity index (χ2n) is 2.87. The molecule has 0 saturated carbocycles. The summed E-state index contributed by atoms with van der Waals surface area (Å²) in [4.78, 5) is 0. The first-order chi connectivity index (χ1) is 5.88. The summed E-state index contributed by atoms with van der Waals surface area (Å²) >= 11 is 0. The smallest absolute Gasteiger partial charge is 0.0719 e. The maximum atomic E-state index is 5.35. The van der Waals surface area contributed by atoms with Crippen LogP contribution in [0.25, 0.3) is 0 Å². The van der Waals surface area contributed by atoms with Gasteiger partial charge in [-0.3, -0.25) is 0 Å². The molecule has 1 rings (SSSR count).